The molecule has 0 spiro atoms. The highest BCUT2D eigenvalue weighted by Crippen LogP contribution is 2.18. The first-order valence-electron chi connectivity index (χ1n) is 8.32. The molecule has 0 aliphatic heterocycles. The molecule has 5 nitrogen and oxygen atoms in total. The van der Waals surface area contributed by atoms with Crippen LogP contribution < -0.4 is 16.4 Å². The predicted octanol–water partition coefficient (Wildman–Crippen LogP) is 3.50. The lowest BCUT2D eigenvalue weighted by molar-refractivity contribution is -0.117. The van der Waals surface area contributed by atoms with Crippen LogP contribution in [0.1, 0.15) is 46.9 Å². The summed E-state index contributed by atoms with van der Waals surface area (Å²) in [6.07, 6.45) is 0. The third kappa shape index (κ3) is 5.58. The Bertz CT molecular complexity index is 773. The number of anilines is 1. The quantitative estimate of drug-likeness (QED) is 0.747. The van der Waals surface area contributed by atoms with Crippen molar-refractivity contribution in [3.05, 3.63) is 64.7 Å². The summed E-state index contributed by atoms with van der Waals surface area (Å²) < 4.78 is 0. The van der Waals surface area contributed by atoms with Gasteiger partial charge in [-0.25, -0.2) is 0 Å². The van der Waals surface area contributed by atoms with Crippen LogP contribution >= 0.6 is 12.4 Å². The van der Waals surface area contributed by atoms with Gasteiger partial charge >= 0.3 is 0 Å². The fourth-order valence-corrected chi connectivity index (χ4v) is 2.43. The van der Waals surface area contributed by atoms with E-state index in [4.69, 9.17) is 5.73 Å². The molecule has 0 aliphatic rings. The van der Waals surface area contributed by atoms with Crippen LogP contribution in [0.15, 0.2) is 42.5 Å². The van der Waals surface area contributed by atoms with E-state index in [9.17, 15) is 9.59 Å². The van der Waals surface area contributed by atoms with E-state index in [1.807, 2.05) is 58.0 Å². The number of benzene rings is 2. The average Bonchev–Trinajstić information content (AvgIpc) is 2.56. The van der Waals surface area contributed by atoms with E-state index in [1.165, 1.54) is 0 Å². The van der Waals surface area contributed by atoms with Crippen molar-refractivity contribution in [2.24, 2.45) is 5.73 Å². The molecule has 0 saturated heterocycles. The largest absolute Gasteiger partial charge is 0.350 e. The molecule has 2 aromatic rings. The number of nitrogens with one attached hydrogen (secondary N) is 2. The number of carbonyl (C=O) groups is 2. The molecule has 6 heteroatoms. The Kier molecular flexibility index (Phi) is 7.80. The summed E-state index contributed by atoms with van der Waals surface area (Å²) in [4.78, 5) is 24.7. The third-order valence-corrected chi connectivity index (χ3v) is 3.89. The van der Waals surface area contributed by atoms with Crippen molar-refractivity contribution >= 4 is 29.9 Å². The molecule has 0 aliphatic carbocycles. The molecule has 0 heterocycles. The van der Waals surface area contributed by atoms with E-state index < -0.39 is 6.04 Å². The molecule has 26 heavy (non-hydrogen) atoms. The molecule has 0 aromatic heterocycles. The van der Waals surface area contributed by atoms with Gasteiger partial charge in [-0.05, 0) is 51.0 Å². The first-order chi connectivity index (χ1) is 11.8. The van der Waals surface area contributed by atoms with E-state index in [1.54, 1.807) is 12.1 Å². The molecule has 2 rings (SSSR count). The molecule has 140 valence electrons. The van der Waals surface area contributed by atoms with Crippen LogP contribution in [0.25, 0.3) is 0 Å². The number of nitrogens with two attached hydrogens (primary N) is 1. The Balaban J connectivity index is 0.00000338. The minimum atomic E-state index is -0.769. The highest BCUT2D eigenvalue weighted by atomic mass is 35.5. The van der Waals surface area contributed by atoms with Gasteiger partial charge in [0.25, 0.3) is 5.91 Å². The maximum absolute atomic E-state index is 12.4. The van der Waals surface area contributed by atoms with Crippen molar-refractivity contribution in [1.82, 2.24) is 5.32 Å². The van der Waals surface area contributed by atoms with Crippen LogP contribution in [0.3, 0.4) is 0 Å². The van der Waals surface area contributed by atoms with Crippen molar-refractivity contribution in [2.45, 2.75) is 39.8 Å². The van der Waals surface area contributed by atoms with Gasteiger partial charge in [-0.2, -0.15) is 0 Å². The standard InChI is InChI=1S/C20H25N3O2.ClH/c1-12(2)22-19(24)17-11-16(10-7-14(17)4)23-20(25)18(21)15-8-5-13(3)6-9-15;/h5-12,18H,21H2,1-4H3,(H,22,24)(H,23,25);1H. The van der Waals surface area contributed by atoms with Gasteiger partial charge in [-0.1, -0.05) is 35.9 Å². The summed E-state index contributed by atoms with van der Waals surface area (Å²) in [5, 5.41) is 5.64. The van der Waals surface area contributed by atoms with E-state index in [0.717, 1.165) is 16.7 Å². The third-order valence-electron chi connectivity index (χ3n) is 3.89. The molecule has 2 amide bonds. The molecular formula is C20H26ClN3O2. The topological polar surface area (TPSA) is 84.2 Å². The highest BCUT2D eigenvalue weighted by Gasteiger charge is 2.17. The molecule has 1 atom stereocenters. The molecule has 2 aromatic carbocycles. The maximum Gasteiger partial charge on any atom is 0.251 e. The van der Waals surface area contributed by atoms with Crippen LogP contribution in [0.5, 0.6) is 0 Å². The SMILES string of the molecule is Cc1ccc(C(N)C(=O)Nc2ccc(C)c(C(=O)NC(C)C)c2)cc1.Cl. The molecule has 0 saturated carbocycles. The smallest absolute Gasteiger partial charge is 0.251 e. The van der Waals surface area contributed by atoms with Crippen LogP contribution in [-0.4, -0.2) is 17.9 Å². The Hall–Kier alpha value is -2.37. The summed E-state index contributed by atoms with van der Waals surface area (Å²) in [6.45, 7) is 7.64. The Morgan fingerprint density at radius 1 is 1.00 bits per heavy atom. The summed E-state index contributed by atoms with van der Waals surface area (Å²) in [5.74, 6) is -0.477. The van der Waals surface area contributed by atoms with Crippen molar-refractivity contribution < 1.29 is 9.59 Å². The lowest BCUT2D eigenvalue weighted by Crippen LogP contribution is -2.31. The Morgan fingerprint density at radius 3 is 2.19 bits per heavy atom. The van der Waals surface area contributed by atoms with Gasteiger partial charge in [-0.3, -0.25) is 9.59 Å². The minimum absolute atomic E-state index is 0. The fraction of sp³-hybridized carbons (Fsp3) is 0.300. The normalized spacial score (nSPS) is 11.5. The molecule has 1 unspecified atom stereocenters. The first-order valence-corrected chi connectivity index (χ1v) is 8.32. The second-order valence-corrected chi connectivity index (χ2v) is 6.54. The number of amides is 2. The zero-order chi connectivity index (χ0) is 18.6. The summed E-state index contributed by atoms with van der Waals surface area (Å²) >= 11 is 0. The number of rotatable bonds is 5. The number of hydrogen-bond donors (Lipinski definition) is 3. The van der Waals surface area contributed by atoms with Crippen LogP contribution in [0.4, 0.5) is 5.69 Å². The second kappa shape index (κ2) is 9.36. The average molecular weight is 376 g/mol. The summed E-state index contributed by atoms with van der Waals surface area (Å²) in [6, 6.07) is 12.0. The van der Waals surface area contributed by atoms with E-state index in [2.05, 4.69) is 10.6 Å². The van der Waals surface area contributed by atoms with Crippen LogP contribution in [0.2, 0.25) is 0 Å². The second-order valence-electron chi connectivity index (χ2n) is 6.54. The monoisotopic (exact) mass is 375 g/mol. The van der Waals surface area contributed by atoms with Gasteiger partial charge in [0, 0.05) is 17.3 Å². The first kappa shape index (κ1) is 21.7. The number of halogens is 1. The fourth-order valence-electron chi connectivity index (χ4n) is 2.43. The van der Waals surface area contributed by atoms with E-state index >= 15 is 0 Å². The van der Waals surface area contributed by atoms with Gasteiger partial charge in [0.15, 0.2) is 0 Å². The molecule has 4 N–H and O–H groups in total. The van der Waals surface area contributed by atoms with E-state index in [-0.39, 0.29) is 30.3 Å². The maximum atomic E-state index is 12.4. The summed E-state index contributed by atoms with van der Waals surface area (Å²) in [5.41, 5.74) is 9.82. The van der Waals surface area contributed by atoms with Crippen molar-refractivity contribution in [3.63, 3.8) is 0 Å². The van der Waals surface area contributed by atoms with Gasteiger partial charge < -0.3 is 16.4 Å². The molecule has 0 bridgehead atoms. The van der Waals surface area contributed by atoms with Crippen LogP contribution in [0, 0.1) is 13.8 Å². The van der Waals surface area contributed by atoms with Crippen molar-refractivity contribution in [3.8, 4) is 0 Å². The lowest BCUT2D eigenvalue weighted by Gasteiger charge is -2.15. The number of hydrogen-bond acceptors (Lipinski definition) is 3. The molecule has 0 radical (unpaired) electrons. The number of aryl methyl sites for hydroxylation is 2. The van der Waals surface area contributed by atoms with Crippen molar-refractivity contribution in [1.29, 1.82) is 0 Å². The lowest BCUT2D eigenvalue weighted by atomic mass is 10.0. The molecule has 0 fully saturated rings. The highest BCUT2D eigenvalue weighted by molar-refractivity contribution is 5.99. The van der Waals surface area contributed by atoms with Gasteiger partial charge in [0.05, 0.1) is 0 Å². The van der Waals surface area contributed by atoms with Gasteiger partial charge in [0.1, 0.15) is 6.04 Å². The molecular weight excluding hydrogens is 350 g/mol. The van der Waals surface area contributed by atoms with Gasteiger partial charge in [-0.15, -0.1) is 12.4 Å². The zero-order valence-electron chi connectivity index (χ0n) is 15.5. The Morgan fingerprint density at radius 2 is 1.62 bits per heavy atom. The zero-order valence-corrected chi connectivity index (χ0v) is 16.3. The van der Waals surface area contributed by atoms with Crippen molar-refractivity contribution in [2.75, 3.05) is 5.32 Å². The van der Waals surface area contributed by atoms with Gasteiger partial charge in [0.2, 0.25) is 5.91 Å². The minimum Gasteiger partial charge on any atom is -0.350 e. The predicted molar refractivity (Wildman–Crippen MR) is 108 cm³/mol. The van der Waals surface area contributed by atoms with Crippen LogP contribution in [-0.2, 0) is 4.79 Å². The van der Waals surface area contributed by atoms with E-state index in [0.29, 0.717) is 11.3 Å². The summed E-state index contributed by atoms with van der Waals surface area (Å²) in [7, 11) is 0. The number of carbonyl (C=O) groups excluding carboxylic acids is 2. The Labute approximate surface area is 160 Å².